The highest BCUT2D eigenvalue weighted by Gasteiger charge is 1.94. The molecule has 1 aromatic rings. The van der Waals surface area contributed by atoms with E-state index in [2.05, 4.69) is 17.3 Å². The molecule has 1 rings (SSSR count). The van der Waals surface area contributed by atoms with Crippen molar-refractivity contribution in [3.05, 3.63) is 35.9 Å². The van der Waals surface area contributed by atoms with Crippen LogP contribution in [0.3, 0.4) is 0 Å². The Hall–Kier alpha value is -1.31. The van der Waals surface area contributed by atoms with Crippen LogP contribution in [0.4, 0.5) is 0 Å². The first kappa shape index (κ1) is 9.78. The minimum Gasteiger partial charge on any atom is -0.396 e. The predicted molar refractivity (Wildman–Crippen MR) is 54.9 cm³/mol. The molecule has 2 heteroatoms. The van der Waals surface area contributed by atoms with E-state index in [-0.39, 0.29) is 0 Å². The standard InChI is InChI=1S/C11H15NO/c1-3-13-12-10(2)9-11-7-5-4-6-8-11/h4-8H,3,9H2,1-2H3. The molecule has 1 aromatic carbocycles. The van der Waals surface area contributed by atoms with Crippen molar-refractivity contribution in [2.24, 2.45) is 5.16 Å². The summed E-state index contributed by atoms with van der Waals surface area (Å²) in [4.78, 5) is 4.96. The Labute approximate surface area is 79.2 Å². The summed E-state index contributed by atoms with van der Waals surface area (Å²) in [5.41, 5.74) is 2.27. The fourth-order valence-electron chi connectivity index (χ4n) is 1.10. The highest BCUT2D eigenvalue weighted by molar-refractivity contribution is 5.83. The van der Waals surface area contributed by atoms with Gasteiger partial charge in [-0.05, 0) is 19.4 Å². The SMILES string of the molecule is CCON=C(C)Cc1ccccc1. The molecule has 0 heterocycles. The van der Waals surface area contributed by atoms with Gasteiger partial charge in [0.15, 0.2) is 0 Å². The van der Waals surface area contributed by atoms with Crippen molar-refractivity contribution in [2.75, 3.05) is 6.61 Å². The van der Waals surface area contributed by atoms with Gasteiger partial charge in [-0.25, -0.2) is 0 Å². The van der Waals surface area contributed by atoms with Crippen LogP contribution in [0, 0.1) is 0 Å². The highest BCUT2D eigenvalue weighted by atomic mass is 16.6. The van der Waals surface area contributed by atoms with Gasteiger partial charge in [-0.3, -0.25) is 0 Å². The number of rotatable bonds is 4. The van der Waals surface area contributed by atoms with E-state index in [1.807, 2.05) is 32.0 Å². The minimum atomic E-state index is 0.631. The van der Waals surface area contributed by atoms with E-state index < -0.39 is 0 Å². The Balaban J connectivity index is 2.50. The van der Waals surface area contributed by atoms with Crippen LogP contribution in [-0.2, 0) is 11.3 Å². The normalized spacial score (nSPS) is 11.4. The molecular weight excluding hydrogens is 162 g/mol. The monoisotopic (exact) mass is 177 g/mol. The molecule has 0 radical (unpaired) electrons. The second kappa shape index (κ2) is 5.36. The molecule has 0 aromatic heterocycles. The quantitative estimate of drug-likeness (QED) is 0.511. The summed E-state index contributed by atoms with van der Waals surface area (Å²) in [5.74, 6) is 0. The van der Waals surface area contributed by atoms with Gasteiger partial charge in [0.25, 0.3) is 0 Å². The zero-order chi connectivity index (χ0) is 9.52. The maximum Gasteiger partial charge on any atom is 0.114 e. The van der Waals surface area contributed by atoms with Crippen molar-refractivity contribution in [3.8, 4) is 0 Å². The predicted octanol–water partition coefficient (Wildman–Crippen LogP) is 2.64. The molecular formula is C11H15NO. The third kappa shape index (κ3) is 3.74. The van der Waals surface area contributed by atoms with E-state index in [0.29, 0.717) is 6.61 Å². The van der Waals surface area contributed by atoms with Crippen molar-refractivity contribution in [1.29, 1.82) is 0 Å². The third-order valence-corrected chi connectivity index (χ3v) is 1.65. The van der Waals surface area contributed by atoms with E-state index in [4.69, 9.17) is 4.84 Å². The van der Waals surface area contributed by atoms with Crippen LogP contribution in [0.5, 0.6) is 0 Å². The lowest BCUT2D eigenvalue weighted by atomic mass is 10.1. The lowest BCUT2D eigenvalue weighted by Crippen LogP contribution is -1.98. The lowest BCUT2D eigenvalue weighted by molar-refractivity contribution is 0.158. The Morgan fingerprint density at radius 2 is 2.00 bits per heavy atom. The van der Waals surface area contributed by atoms with Crippen molar-refractivity contribution >= 4 is 5.71 Å². The van der Waals surface area contributed by atoms with Gasteiger partial charge in [0, 0.05) is 6.42 Å². The Kier molecular flexibility index (Phi) is 4.03. The van der Waals surface area contributed by atoms with Gasteiger partial charge < -0.3 is 4.84 Å². The van der Waals surface area contributed by atoms with E-state index in [1.165, 1.54) is 5.56 Å². The first-order chi connectivity index (χ1) is 6.33. The van der Waals surface area contributed by atoms with Gasteiger partial charge in [-0.2, -0.15) is 0 Å². The van der Waals surface area contributed by atoms with Crippen LogP contribution in [0.25, 0.3) is 0 Å². The summed E-state index contributed by atoms with van der Waals surface area (Å²) in [7, 11) is 0. The Bertz CT molecular complexity index is 267. The van der Waals surface area contributed by atoms with E-state index >= 15 is 0 Å². The van der Waals surface area contributed by atoms with Gasteiger partial charge in [0.2, 0.25) is 0 Å². The molecule has 2 nitrogen and oxygen atoms in total. The van der Waals surface area contributed by atoms with Crippen molar-refractivity contribution in [3.63, 3.8) is 0 Å². The molecule has 0 unspecified atom stereocenters. The number of hydrogen-bond donors (Lipinski definition) is 0. The Morgan fingerprint density at radius 1 is 1.31 bits per heavy atom. The number of benzene rings is 1. The maximum absolute atomic E-state index is 4.96. The molecule has 0 aliphatic rings. The van der Waals surface area contributed by atoms with Crippen LogP contribution in [0.1, 0.15) is 19.4 Å². The van der Waals surface area contributed by atoms with Crippen LogP contribution >= 0.6 is 0 Å². The van der Waals surface area contributed by atoms with Gasteiger partial charge in [-0.15, -0.1) is 0 Å². The average Bonchev–Trinajstić information content (AvgIpc) is 2.16. The van der Waals surface area contributed by atoms with E-state index in [9.17, 15) is 0 Å². The van der Waals surface area contributed by atoms with Gasteiger partial charge in [-0.1, -0.05) is 35.5 Å². The van der Waals surface area contributed by atoms with Crippen molar-refractivity contribution in [2.45, 2.75) is 20.3 Å². The topological polar surface area (TPSA) is 21.6 Å². The largest absolute Gasteiger partial charge is 0.396 e. The summed E-state index contributed by atoms with van der Waals surface area (Å²) in [6.07, 6.45) is 0.862. The molecule has 0 bridgehead atoms. The molecule has 0 fully saturated rings. The van der Waals surface area contributed by atoms with Crippen LogP contribution in [0.15, 0.2) is 35.5 Å². The molecule has 70 valence electrons. The van der Waals surface area contributed by atoms with Crippen LogP contribution in [0.2, 0.25) is 0 Å². The molecule has 0 spiro atoms. The highest BCUT2D eigenvalue weighted by Crippen LogP contribution is 2.00. The first-order valence-corrected chi connectivity index (χ1v) is 4.52. The fourth-order valence-corrected chi connectivity index (χ4v) is 1.10. The molecule has 0 atom stereocenters. The number of oxime groups is 1. The first-order valence-electron chi connectivity index (χ1n) is 4.52. The van der Waals surface area contributed by atoms with Gasteiger partial charge >= 0.3 is 0 Å². The maximum atomic E-state index is 4.96. The molecule has 0 aliphatic heterocycles. The molecule has 0 amide bonds. The smallest absolute Gasteiger partial charge is 0.114 e. The van der Waals surface area contributed by atoms with Crippen LogP contribution < -0.4 is 0 Å². The van der Waals surface area contributed by atoms with E-state index in [1.54, 1.807) is 0 Å². The second-order valence-corrected chi connectivity index (χ2v) is 2.91. The molecule has 0 aliphatic carbocycles. The number of nitrogens with zero attached hydrogens (tertiary/aromatic N) is 1. The van der Waals surface area contributed by atoms with Crippen molar-refractivity contribution < 1.29 is 4.84 Å². The number of hydrogen-bond acceptors (Lipinski definition) is 2. The van der Waals surface area contributed by atoms with Crippen molar-refractivity contribution in [1.82, 2.24) is 0 Å². The zero-order valence-corrected chi connectivity index (χ0v) is 8.16. The summed E-state index contributed by atoms with van der Waals surface area (Å²) in [6.45, 7) is 4.54. The molecule has 13 heavy (non-hydrogen) atoms. The van der Waals surface area contributed by atoms with Crippen LogP contribution in [-0.4, -0.2) is 12.3 Å². The van der Waals surface area contributed by atoms with Gasteiger partial charge in [0.1, 0.15) is 6.61 Å². The fraction of sp³-hybridized carbons (Fsp3) is 0.364. The summed E-state index contributed by atoms with van der Waals surface area (Å²) in [6, 6.07) is 10.3. The Morgan fingerprint density at radius 3 is 2.62 bits per heavy atom. The molecule has 0 saturated carbocycles. The molecule has 0 saturated heterocycles. The van der Waals surface area contributed by atoms with Gasteiger partial charge in [0.05, 0.1) is 5.71 Å². The zero-order valence-electron chi connectivity index (χ0n) is 8.16. The lowest BCUT2D eigenvalue weighted by Gasteiger charge is -2.00. The minimum absolute atomic E-state index is 0.631. The summed E-state index contributed by atoms with van der Waals surface area (Å²) < 4.78 is 0. The summed E-state index contributed by atoms with van der Waals surface area (Å²) in [5, 5.41) is 3.95. The second-order valence-electron chi connectivity index (χ2n) is 2.91. The molecule has 0 N–H and O–H groups in total. The van der Waals surface area contributed by atoms with E-state index in [0.717, 1.165) is 12.1 Å². The third-order valence-electron chi connectivity index (χ3n) is 1.65. The summed E-state index contributed by atoms with van der Waals surface area (Å²) >= 11 is 0. The average molecular weight is 177 g/mol.